The Morgan fingerprint density at radius 1 is 1.71 bits per heavy atom. The van der Waals surface area contributed by atoms with Gasteiger partial charge in [-0.3, -0.25) is 0 Å². The van der Waals surface area contributed by atoms with Crippen molar-refractivity contribution < 1.29 is 15.0 Å². The van der Waals surface area contributed by atoms with Crippen LogP contribution < -0.4 is 4.91 Å². The van der Waals surface area contributed by atoms with E-state index in [9.17, 15) is 4.79 Å². The smallest absolute Gasteiger partial charge is 0.407 e. The van der Waals surface area contributed by atoms with E-state index < -0.39 is 11.5 Å². The molecule has 1 saturated heterocycles. The number of likely N-dealkylation sites (tertiary alicyclic amines) is 1. The van der Waals surface area contributed by atoms with Crippen molar-refractivity contribution in [3.8, 4) is 0 Å². The second-order valence-electron chi connectivity index (χ2n) is 3.51. The molecule has 0 radical (unpaired) electrons. The number of hydrogen-bond donors (Lipinski definition) is 3. The number of hydrogen-bond acceptors (Lipinski definition) is 4. The van der Waals surface area contributed by atoms with E-state index in [4.69, 9.17) is 15.7 Å². The number of aliphatic hydroxyl groups excluding tert-OH is 1. The van der Waals surface area contributed by atoms with Crippen molar-refractivity contribution in [2.45, 2.75) is 6.42 Å². The Labute approximate surface area is 80.6 Å². The SMILES string of the molecule is N=[N+]=NCC1(CO)CCN(C(=O)O)C1. The first-order valence-electron chi connectivity index (χ1n) is 4.25. The molecule has 0 spiro atoms. The Hall–Kier alpha value is -1.46. The van der Waals surface area contributed by atoms with Gasteiger partial charge in [-0.15, -0.1) is 0 Å². The lowest BCUT2D eigenvalue weighted by atomic mass is 9.88. The summed E-state index contributed by atoms with van der Waals surface area (Å²) in [5.41, 5.74) is 5.97. The van der Waals surface area contributed by atoms with Gasteiger partial charge in [0, 0.05) is 18.5 Å². The van der Waals surface area contributed by atoms with Crippen molar-refractivity contribution in [2.75, 3.05) is 26.2 Å². The quantitative estimate of drug-likeness (QED) is 0.437. The molecule has 1 rings (SSSR count). The maximum absolute atomic E-state index is 10.6. The molecular formula is C7H13N4O3+. The van der Waals surface area contributed by atoms with E-state index in [-0.39, 0.29) is 19.7 Å². The van der Waals surface area contributed by atoms with Gasteiger partial charge in [0.25, 0.3) is 0 Å². The van der Waals surface area contributed by atoms with Crippen LogP contribution in [-0.2, 0) is 0 Å². The van der Waals surface area contributed by atoms with Gasteiger partial charge in [-0.05, 0) is 6.42 Å². The number of amides is 1. The summed E-state index contributed by atoms with van der Waals surface area (Å²) in [5, 5.41) is 21.4. The van der Waals surface area contributed by atoms with Crippen LogP contribution in [0.25, 0.3) is 0 Å². The summed E-state index contributed by atoms with van der Waals surface area (Å²) in [6, 6.07) is 0. The summed E-state index contributed by atoms with van der Waals surface area (Å²) in [7, 11) is 0. The maximum atomic E-state index is 10.6. The van der Waals surface area contributed by atoms with Gasteiger partial charge in [-0.25, -0.2) is 4.79 Å². The molecule has 0 aromatic rings. The summed E-state index contributed by atoms with van der Waals surface area (Å²) in [5.74, 6) is 0. The highest BCUT2D eigenvalue weighted by atomic mass is 16.4. The first-order valence-corrected chi connectivity index (χ1v) is 4.25. The summed E-state index contributed by atoms with van der Waals surface area (Å²) in [6.45, 7) is 0.744. The number of rotatable bonds is 3. The third-order valence-electron chi connectivity index (χ3n) is 2.52. The van der Waals surface area contributed by atoms with Crippen molar-refractivity contribution in [1.29, 1.82) is 5.53 Å². The van der Waals surface area contributed by atoms with Crippen LogP contribution in [-0.4, -0.2) is 47.4 Å². The molecule has 7 heteroatoms. The van der Waals surface area contributed by atoms with Gasteiger partial charge in [-0.2, -0.15) is 0 Å². The number of carbonyl (C=O) groups is 1. The predicted octanol–water partition coefficient (Wildman–Crippen LogP) is -0.101. The first kappa shape index (κ1) is 10.6. The standard InChI is InChI=1S/C7H12N4O3/c8-10-9-3-7(5-12)1-2-11(4-7)6(13)14/h8,12H,1-5H2/p+1. The van der Waals surface area contributed by atoms with E-state index in [0.29, 0.717) is 13.0 Å². The number of aliphatic hydroxyl groups is 1. The normalized spacial score (nSPS) is 25.9. The molecule has 7 nitrogen and oxygen atoms in total. The van der Waals surface area contributed by atoms with Gasteiger partial charge >= 0.3 is 6.09 Å². The van der Waals surface area contributed by atoms with E-state index >= 15 is 0 Å². The zero-order valence-electron chi connectivity index (χ0n) is 7.68. The fourth-order valence-corrected chi connectivity index (χ4v) is 1.59. The second-order valence-corrected chi connectivity index (χ2v) is 3.51. The van der Waals surface area contributed by atoms with Crippen LogP contribution >= 0.6 is 0 Å². The largest absolute Gasteiger partial charge is 0.465 e. The minimum atomic E-state index is -0.983. The van der Waals surface area contributed by atoms with Crippen LogP contribution in [0.15, 0.2) is 5.11 Å². The molecule has 1 unspecified atom stereocenters. The zero-order valence-corrected chi connectivity index (χ0v) is 7.68. The van der Waals surface area contributed by atoms with Gasteiger partial charge in [0.15, 0.2) is 0 Å². The molecule has 0 bridgehead atoms. The molecule has 0 aromatic carbocycles. The Kier molecular flexibility index (Phi) is 3.16. The molecule has 0 saturated carbocycles. The molecule has 3 N–H and O–H groups in total. The van der Waals surface area contributed by atoms with Gasteiger partial charge in [0.2, 0.25) is 4.91 Å². The molecule has 1 aliphatic heterocycles. The van der Waals surface area contributed by atoms with E-state index in [1.807, 2.05) is 0 Å². The van der Waals surface area contributed by atoms with E-state index in [0.717, 1.165) is 0 Å². The fraction of sp³-hybridized carbons (Fsp3) is 0.857. The summed E-state index contributed by atoms with van der Waals surface area (Å²) in [6.07, 6.45) is -0.419. The number of nitrogens with zero attached hydrogens (tertiary/aromatic N) is 3. The first-order chi connectivity index (χ1) is 6.63. The van der Waals surface area contributed by atoms with Crippen LogP contribution in [0.3, 0.4) is 0 Å². The molecule has 1 heterocycles. The lowest BCUT2D eigenvalue weighted by Crippen LogP contribution is -2.35. The molecule has 1 fully saturated rings. The lowest BCUT2D eigenvalue weighted by molar-refractivity contribution is 0.122. The third kappa shape index (κ3) is 2.07. The van der Waals surface area contributed by atoms with Crippen molar-refractivity contribution in [1.82, 2.24) is 9.81 Å². The van der Waals surface area contributed by atoms with E-state index in [1.54, 1.807) is 0 Å². The van der Waals surface area contributed by atoms with Crippen molar-refractivity contribution in [3.05, 3.63) is 0 Å². The van der Waals surface area contributed by atoms with Crippen molar-refractivity contribution >= 4 is 6.09 Å². The van der Waals surface area contributed by atoms with Crippen molar-refractivity contribution in [2.24, 2.45) is 10.5 Å². The van der Waals surface area contributed by atoms with Crippen LogP contribution in [0.2, 0.25) is 0 Å². The molecule has 0 aliphatic carbocycles. The van der Waals surface area contributed by atoms with Crippen LogP contribution in [0.5, 0.6) is 0 Å². The summed E-state index contributed by atoms with van der Waals surface area (Å²) < 4.78 is 0. The molecule has 1 amide bonds. The lowest BCUT2D eigenvalue weighted by Gasteiger charge is -2.21. The van der Waals surface area contributed by atoms with Gasteiger partial charge in [0.05, 0.1) is 6.61 Å². The number of nitrogens with one attached hydrogen (secondary N) is 1. The van der Waals surface area contributed by atoms with Crippen LogP contribution in [0.4, 0.5) is 4.79 Å². The highest BCUT2D eigenvalue weighted by molar-refractivity contribution is 5.65. The zero-order chi connectivity index (χ0) is 10.6. The monoisotopic (exact) mass is 201 g/mol. The Morgan fingerprint density at radius 3 is 2.86 bits per heavy atom. The Balaban J connectivity index is 2.65. The third-order valence-corrected chi connectivity index (χ3v) is 2.52. The predicted molar refractivity (Wildman–Crippen MR) is 45.9 cm³/mol. The van der Waals surface area contributed by atoms with E-state index in [1.165, 1.54) is 4.90 Å². The fourth-order valence-electron chi connectivity index (χ4n) is 1.59. The topological polar surface area (TPSA) is 111 Å². The molecule has 1 aliphatic rings. The van der Waals surface area contributed by atoms with Gasteiger partial charge in [0.1, 0.15) is 17.2 Å². The van der Waals surface area contributed by atoms with Gasteiger partial charge < -0.3 is 15.1 Å². The van der Waals surface area contributed by atoms with E-state index in [2.05, 4.69) is 10.0 Å². The maximum Gasteiger partial charge on any atom is 0.407 e. The summed E-state index contributed by atoms with van der Waals surface area (Å²) >= 11 is 0. The Bertz CT molecular complexity index is 276. The summed E-state index contributed by atoms with van der Waals surface area (Å²) in [4.78, 5) is 14.7. The number of carboxylic acid groups (broad SMARTS) is 1. The van der Waals surface area contributed by atoms with Crippen molar-refractivity contribution in [3.63, 3.8) is 0 Å². The molecular weight excluding hydrogens is 188 g/mol. The molecule has 78 valence electrons. The average molecular weight is 201 g/mol. The molecule has 0 aromatic heterocycles. The molecule has 1 atom stereocenters. The highest BCUT2D eigenvalue weighted by Gasteiger charge is 2.41. The minimum Gasteiger partial charge on any atom is -0.465 e. The van der Waals surface area contributed by atoms with Crippen LogP contribution in [0.1, 0.15) is 6.42 Å². The molecule has 14 heavy (non-hydrogen) atoms. The Morgan fingerprint density at radius 2 is 2.43 bits per heavy atom. The van der Waals surface area contributed by atoms with Crippen LogP contribution in [0, 0.1) is 10.9 Å². The second kappa shape index (κ2) is 4.17. The minimum absolute atomic E-state index is 0.129. The van der Waals surface area contributed by atoms with Gasteiger partial charge in [-0.1, -0.05) is 0 Å². The average Bonchev–Trinajstić information content (AvgIpc) is 2.60. The highest BCUT2D eigenvalue weighted by Crippen LogP contribution is 2.30.